The Morgan fingerprint density at radius 2 is 1.80 bits per heavy atom. The lowest BCUT2D eigenvalue weighted by Gasteiger charge is -2.36. The Balaban J connectivity index is 1.40. The second kappa shape index (κ2) is 9.92. The Kier molecular flexibility index (Phi) is 6.55. The number of benzene rings is 3. The van der Waals surface area contributed by atoms with Crippen LogP contribution in [0.15, 0.2) is 72.8 Å². The summed E-state index contributed by atoms with van der Waals surface area (Å²) in [4.78, 5) is 21.9. The molecule has 1 amide bonds. The van der Waals surface area contributed by atoms with E-state index in [4.69, 9.17) is 21.3 Å². The van der Waals surface area contributed by atoms with Gasteiger partial charge in [-0.05, 0) is 49.4 Å². The zero-order valence-corrected chi connectivity index (χ0v) is 20.1. The molecule has 0 unspecified atom stereocenters. The maximum Gasteiger partial charge on any atom is 0.254 e. The molecule has 0 saturated carbocycles. The molecule has 1 aliphatic heterocycles. The highest BCUT2D eigenvalue weighted by Crippen LogP contribution is 2.32. The van der Waals surface area contributed by atoms with Crippen molar-refractivity contribution in [3.8, 4) is 17.0 Å². The number of nitrogens with zero attached hydrogens (tertiary/aromatic N) is 3. The molecule has 178 valence electrons. The number of fused-ring (bicyclic) bond motifs is 1. The summed E-state index contributed by atoms with van der Waals surface area (Å²) >= 11 is 6.17. The fraction of sp³-hybridized carbons (Fsp3) is 0.214. The first kappa shape index (κ1) is 23.1. The van der Waals surface area contributed by atoms with Gasteiger partial charge in [0.15, 0.2) is 0 Å². The lowest BCUT2D eigenvalue weighted by molar-refractivity contribution is 0.0747. The summed E-state index contributed by atoms with van der Waals surface area (Å²) in [6.07, 6.45) is 0. The van der Waals surface area contributed by atoms with E-state index in [1.165, 1.54) is 6.07 Å². The van der Waals surface area contributed by atoms with Crippen LogP contribution >= 0.6 is 11.6 Å². The third-order valence-electron chi connectivity index (χ3n) is 6.20. The fourth-order valence-corrected chi connectivity index (χ4v) is 4.63. The van der Waals surface area contributed by atoms with E-state index < -0.39 is 0 Å². The van der Waals surface area contributed by atoms with E-state index in [1.54, 1.807) is 18.2 Å². The molecule has 0 bridgehead atoms. The number of rotatable bonds is 5. The van der Waals surface area contributed by atoms with Gasteiger partial charge in [-0.3, -0.25) is 4.79 Å². The van der Waals surface area contributed by atoms with Crippen LogP contribution in [0.5, 0.6) is 5.75 Å². The first-order valence-electron chi connectivity index (χ1n) is 11.7. The summed E-state index contributed by atoms with van der Waals surface area (Å²) in [5.41, 5.74) is 3.55. The van der Waals surface area contributed by atoms with E-state index in [-0.39, 0.29) is 11.7 Å². The maximum absolute atomic E-state index is 14.2. The number of halogens is 2. The molecule has 35 heavy (non-hydrogen) atoms. The topological polar surface area (TPSA) is 45.7 Å². The molecule has 0 aliphatic carbocycles. The first-order chi connectivity index (χ1) is 17.0. The zero-order valence-electron chi connectivity index (χ0n) is 19.4. The molecule has 2 heterocycles. The summed E-state index contributed by atoms with van der Waals surface area (Å²) < 4.78 is 20.1. The third-order valence-corrected chi connectivity index (χ3v) is 6.43. The van der Waals surface area contributed by atoms with Crippen LogP contribution < -0.4 is 9.64 Å². The molecule has 1 saturated heterocycles. The second-order valence-electron chi connectivity index (χ2n) is 8.41. The van der Waals surface area contributed by atoms with Crippen molar-refractivity contribution in [2.45, 2.75) is 6.92 Å². The number of anilines is 1. The number of aromatic nitrogens is 1. The van der Waals surface area contributed by atoms with Crippen LogP contribution in [0.4, 0.5) is 10.1 Å². The number of amides is 1. The summed E-state index contributed by atoms with van der Waals surface area (Å²) in [6, 6.07) is 21.7. The van der Waals surface area contributed by atoms with Gasteiger partial charge in [-0.2, -0.15) is 0 Å². The number of hydrogen-bond donors (Lipinski definition) is 0. The average Bonchev–Trinajstić information content (AvgIpc) is 2.88. The number of piperazine rings is 1. The number of carbonyl (C=O) groups excluding carboxylic acids is 1. The van der Waals surface area contributed by atoms with E-state index in [9.17, 15) is 9.18 Å². The van der Waals surface area contributed by atoms with Crippen LogP contribution in [0.2, 0.25) is 5.02 Å². The van der Waals surface area contributed by atoms with Gasteiger partial charge < -0.3 is 14.5 Å². The largest absolute Gasteiger partial charge is 0.493 e. The van der Waals surface area contributed by atoms with E-state index in [1.807, 2.05) is 65.3 Å². The average molecular weight is 490 g/mol. The highest BCUT2D eigenvalue weighted by Gasteiger charge is 2.24. The highest BCUT2D eigenvalue weighted by molar-refractivity contribution is 6.30. The molecular formula is C28H25ClFN3O2. The van der Waals surface area contributed by atoms with Crippen molar-refractivity contribution >= 4 is 34.1 Å². The number of hydrogen-bond acceptors (Lipinski definition) is 4. The molecule has 5 rings (SSSR count). The first-order valence-corrected chi connectivity index (χ1v) is 12.0. The van der Waals surface area contributed by atoms with Gasteiger partial charge >= 0.3 is 0 Å². The lowest BCUT2D eigenvalue weighted by Crippen LogP contribution is -2.49. The minimum atomic E-state index is -0.241. The number of para-hydroxylation sites is 1. The lowest BCUT2D eigenvalue weighted by atomic mass is 10.1. The van der Waals surface area contributed by atoms with E-state index in [0.717, 1.165) is 22.2 Å². The van der Waals surface area contributed by atoms with Crippen molar-refractivity contribution in [2.75, 3.05) is 37.7 Å². The Morgan fingerprint density at radius 3 is 2.54 bits per heavy atom. The smallest absolute Gasteiger partial charge is 0.254 e. The Bertz CT molecular complexity index is 1390. The van der Waals surface area contributed by atoms with Crippen LogP contribution in [0.3, 0.4) is 0 Å². The second-order valence-corrected chi connectivity index (χ2v) is 8.85. The van der Waals surface area contributed by atoms with Crippen molar-refractivity contribution < 1.29 is 13.9 Å². The fourth-order valence-electron chi connectivity index (χ4n) is 4.44. The molecular weight excluding hydrogens is 465 g/mol. The van der Waals surface area contributed by atoms with Gasteiger partial charge in [-0.1, -0.05) is 35.9 Å². The predicted octanol–water partition coefficient (Wildman–Crippen LogP) is 6.06. The maximum atomic E-state index is 14.2. The molecule has 0 spiro atoms. The van der Waals surface area contributed by atoms with E-state index in [0.29, 0.717) is 54.8 Å². The van der Waals surface area contributed by atoms with Gasteiger partial charge in [0.05, 0.1) is 23.5 Å². The number of pyridine rings is 1. The van der Waals surface area contributed by atoms with Gasteiger partial charge in [-0.15, -0.1) is 0 Å². The minimum absolute atomic E-state index is 0.0542. The molecule has 3 aromatic carbocycles. The normalized spacial score (nSPS) is 13.8. The van der Waals surface area contributed by atoms with Crippen molar-refractivity contribution in [2.24, 2.45) is 0 Å². The monoisotopic (exact) mass is 489 g/mol. The van der Waals surface area contributed by atoms with Crippen LogP contribution in [-0.4, -0.2) is 48.6 Å². The van der Waals surface area contributed by atoms with Crippen LogP contribution in [-0.2, 0) is 0 Å². The quantitative estimate of drug-likeness (QED) is 0.342. The zero-order chi connectivity index (χ0) is 24.4. The van der Waals surface area contributed by atoms with Gasteiger partial charge in [0.2, 0.25) is 0 Å². The minimum Gasteiger partial charge on any atom is -0.493 e. The van der Waals surface area contributed by atoms with Crippen LogP contribution in [0.1, 0.15) is 17.3 Å². The van der Waals surface area contributed by atoms with Gasteiger partial charge in [0.25, 0.3) is 5.91 Å². The Hall–Kier alpha value is -3.64. The molecule has 0 N–H and O–H groups in total. The summed E-state index contributed by atoms with van der Waals surface area (Å²) in [5, 5.41) is 1.42. The molecule has 0 atom stereocenters. The van der Waals surface area contributed by atoms with Crippen molar-refractivity contribution in [1.29, 1.82) is 0 Å². The predicted molar refractivity (Wildman–Crippen MR) is 138 cm³/mol. The number of ether oxygens (including phenoxy) is 1. The SMILES string of the molecule is CCOc1cc(-c2cccc(Cl)c2)nc2ccc(C(=O)N3CCN(c4ccccc4F)CC3)cc12. The molecule has 5 nitrogen and oxygen atoms in total. The Morgan fingerprint density at radius 1 is 1.00 bits per heavy atom. The highest BCUT2D eigenvalue weighted by atomic mass is 35.5. The van der Waals surface area contributed by atoms with Gasteiger partial charge in [-0.25, -0.2) is 9.37 Å². The molecule has 1 fully saturated rings. The summed E-state index contributed by atoms with van der Waals surface area (Å²) in [7, 11) is 0. The van der Waals surface area contributed by atoms with E-state index in [2.05, 4.69) is 0 Å². The van der Waals surface area contributed by atoms with Gasteiger partial charge in [0, 0.05) is 53.8 Å². The summed E-state index contributed by atoms with van der Waals surface area (Å²) in [6.45, 7) is 4.62. The Labute approximate surface area is 208 Å². The molecule has 0 radical (unpaired) electrons. The molecule has 7 heteroatoms. The number of carbonyl (C=O) groups is 1. The summed E-state index contributed by atoms with van der Waals surface area (Å²) in [5.74, 6) is 0.378. The van der Waals surface area contributed by atoms with Gasteiger partial charge in [0.1, 0.15) is 11.6 Å². The van der Waals surface area contributed by atoms with Crippen LogP contribution in [0, 0.1) is 5.82 Å². The van der Waals surface area contributed by atoms with E-state index >= 15 is 0 Å². The van der Waals surface area contributed by atoms with Crippen molar-refractivity contribution in [3.63, 3.8) is 0 Å². The standard InChI is InChI=1S/C28H25ClFN3O2/c1-2-35-27-18-25(19-6-5-7-21(29)16-19)31-24-11-10-20(17-22(24)27)28(34)33-14-12-32(13-15-33)26-9-4-3-8-23(26)30/h3-11,16-18H,2,12-15H2,1H3. The van der Waals surface area contributed by atoms with Crippen molar-refractivity contribution in [1.82, 2.24) is 9.88 Å². The molecule has 1 aromatic heterocycles. The molecule has 1 aliphatic rings. The third kappa shape index (κ3) is 4.80. The molecule has 4 aromatic rings. The van der Waals surface area contributed by atoms with Crippen molar-refractivity contribution in [3.05, 3.63) is 89.2 Å². The van der Waals surface area contributed by atoms with Crippen LogP contribution in [0.25, 0.3) is 22.2 Å².